The van der Waals surface area contributed by atoms with Gasteiger partial charge >= 0.3 is 0 Å². The highest BCUT2D eigenvalue weighted by Gasteiger charge is 2.23. The summed E-state index contributed by atoms with van der Waals surface area (Å²) in [4.78, 5) is 16.2. The van der Waals surface area contributed by atoms with Gasteiger partial charge in [-0.3, -0.25) is 4.79 Å². The molecule has 1 aromatic heterocycles. The van der Waals surface area contributed by atoms with E-state index in [-0.39, 0.29) is 5.91 Å². The molecular weight excluding hydrogens is 318 g/mol. The van der Waals surface area contributed by atoms with E-state index in [9.17, 15) is 4.79 Å². The first kappa shape index (κ1) is 17.5. The fourth-order valence-corrected chi connectivity index (χ4v) is 3.14. The van der Waals surface area contributed by atoms with E-state index >= 15 is 0 Å². The fraction of sp³-hybridized carbons (Fsp3) is 0.474. The lowest BCUT2D eigenvalue weighted by Gasteiger charge is -2.31. The second kappa shape index (κ2) is 7.70. The highest BCUT2D eigenvalue weighted by atomic mass is 16.5. The predicted octanol–water partition coefficient (Wildman–Crippen LogP) is 1.23. The summed E-state index contributed by atoms with van der Waals surface area (Å²) in [5.41, 5.74) is 2.47. The van der Waals surface area contributed by atoms with Gasteiger partial charge in [-0.25, -0.2) is 0 Å². The standard InChI is InChI=1S/C19H25N3O3/c1-4-21-8-10-22(11-9-21)19(23)16-6-5-7-17(12-16)24-13-18-14(2)20-25-15(18)3/h5-7,12H,4,8-11,13H2,1-3H3/p+1. The number of nitrogens with zero attached hydrogens (tertiary/aromatic N) is 2. The molecule has 1 aromatic carbocycles. The van der Waals surface area contributed by atoms with E-state index in [0.29, 0.717) is 17.9 Å². The minimum Gasteiger partial charge on any atom is -0.489 e. The summed E-state index contributed by atoms with van der Waals surface area (Å²) < 4.78 is 11.0. The molecule has 0 aliphatic carbocycles. The lowest BCUT2D eigenvalue weighted by Crippen LogP contribution is -3.14. The summed E-state index contributed by atoms with van der Waals surface area (Å²) in [5, 5.41) is 3.93. The highest BCUT2D eigenvalue weighted by molar-refractivity contribution is 5.94. The molecular formula is C19H26N3O3+. The zero-order chi connectivity index (χ0) is 17.8. The highest BCUT2D eigenvalue weighted by Crippen LogP contribution is 2.19. The number of quaternary nitrogens is 1. The van der Waals surface area contributed by atoms with Gasteiger partial charge in [-0.1, -0.05) is 11.2 Å². The third-order valence-corrected chi connectivity index (χ3v) is 4.90. The van der Waals surface area contributed by atoms with Crippen molar-refractivity contribution < 1.29 is 19.0 Å². The molecule has 6 heteroatoms. The number of aryl methyl sites for hydroxylation is 2. The summed E-state index contributed by atoms with van der Waals surface area (Å²) >= 11 is 0. The maximum atomic E-state index is 12.7. The van der Waals surface area contributed by atoms with Crippen molar-refractivity contribution in [3.05, 3.63) is 46.8 Å². The Morgan fingerprint density at radius 3 is 2.72 bits per heavy atom. The molecule has 1 saturated heterocycles. The van der Waals surface area contributed by atoms with Gasteiger partial charge in [-0.2, -0.15) is 0 Å². The van der Waals surface area contributed by atoms with E-state index in [1.54, 1.807) is 4.90 Å². The van der Waals surface area contributed by atoms with Crippen LogP contribution in [0.4, 0.5) is 0 Å². The summed E-state index contributed by atoms with van der Waals surface area (Å²) in [7, 11) is 0. The molecule has 3 rings (SSSR count). The summed E-state index contributed by atoms with van der Waals surface area (Å²) in [6.45, 7) is 11.1. The second-order valence-electron chi connectivity index (χ2n) is 6.51. The Morgan fingerprint density at radius 1 is 1.32 bits per heavy atom. The Labute approximate surface area is 148 Å². The number of nitrogens with one attached hydrogen (secondary N) is 1. The maximum absolute atomic E-state index is 12.7. The molecule has 1 aliphatic heterocycles. The predicted molar refractivity (Wildman–Crippen MR) is 93.9 cm³/mol. The number of hydrogen-bond donors (Lipinski definition) is 1. The number of piperazine rings is 1. The lowest BCUT2D eigenvalue weighted by atomic mass is 10.1. The summed E-state index contributed by atoms with van der Waals surface area (Å²) in [6.07, 6.45) is 0. The first-order valence-electron chi connectivity index (χ1n) is 8.86. The molecule has 1 aliphatic rings. The first-order valence-corrected chi connectivity index (χ1v) is 8.86. The van der Waals surface area contributed by atoms with Gasteiger partial charge in [0, 0.05) is 5.56 Å². The van der Waals surface area contributed by atoms with Crippen LogP contribution in [0.3, 0.4) is 0 Å². The van der Waals surface area contributed by atoms with E-state index in [4.69, 9.17) is 9.26 Å². The topological polar surface area (TPSA) is 60.0 Å². The average molecular weight is 344 g/mol. The Bertz CT molecular complexity index is 714. The van der Waals surface area contributed by atoms with Gasteiger partial charge in [0.1, 0.15) is 18.1 Å². The molecule has 1 fully saturated rings. The van der Waals surface area contributed by atoms with Crippen molar-refractivity contribution in [2.24, 2.45) is 0 Å². The molecule has 6 nitrogen and oxygen atoms in total. The second-order valence-corrected chi connectivity index (χ2v) is 6.51. The molecule has 1 amide bonds. The number of carbonyl (C=O) groups is 1. The number of benzene rings is 1. The number of carbonyl (C=O) groups excluding carboxylic acids is 1. The minimum absolute atomic E-state index is 0.0814. The number of aromatic nitrogens is 1. The van der Waals surface area contributed by atoms with E-state index in [2.05, 4.69) is 12.1 Å². The zero-order valence-corrected chi connectivity index (χ0v) is 15.2. The summed E-state index contributed by atoms with van der Waals surface area (Å²) in [6, 6.07) is 7.40. The molecule has 2 heterocycles. The van der Waals surface area contributed by atoms with Crippen LogP contribution in [-0.4, -0.2) is 48.7 Å². The summed E-state index contributed by atoms with van der Waals surface area (Å²) in [5.74, 6) is 1.53. The molecule has 25 heavy (non-hydrogen) atoms. The Balaban J connectivity index is 1.64. The normalized spacial score (nSPS) is 15.4. The van der Waals surface area contributed by atoms with Crippen LogP contribution >= 0.6 is 0 Å². The van der Waals surface area contributed by atoms with Gasteiger partial charge in [0.15, 0.2) is 0 Å². The van der Waals surface area contributed by atoms with Crippen molar-refractivity contribution in [3.63, 3.8) is 0 Å². The van der Waals surface area contributed by atoms with Crippen LogP contribution in [0.1, 0.15) is 34.3 Å². The largest absolute Gasteiger partial charge is 0.489 e. The van der Waals surface area contributed by atoms with Crippen molar-refractivity contribution in [1.29, 1.82) is 0 Å². The monoisotopic (exact) mass is 344 g/mol. The van der Waals surface area contributed by atoms with Gasteiger partial charge in [0.05, 0.1) is 44.0 Å². The van der Waals surface area contributed by atoms with Crippen LogP contribution in [0.15, 0.2) is 28.8 Å². The van der Waals surface area contributed by atoms with Crippen LogP contribution < -0.4 is 9.64 Å². The van der Waals surface area contributed by atoms with Crippen molar-refractivity contribution in [2.75, 3.05) is 32.7 Å². The molecule has 0 unspecified atom stereocenters. The molecule has 0 bridgehead atoms. The Hall–Kier alpha value is -2.34. The van der Waals surface area contributed by atoms with Crippen LogP contribution in [0.25, 0.3) is 0 Å². The van der Waals surface area contributed by atoms with E-state index in [1.165, 1.54) is 0 Å². The van der Waals surface area contributed by atoms with Crippen LogP contribution in [-0.2, 0) is 6.61 Å². The third kappa shape index (κ3) is 4.02. The minimum atomic E-state index is 0.0814. The van der Waals surface area contributed by atoms with E-state index in [1.807, 2.05) is 43.0 Å². The van der Waals surface area contributed by atoms with Gasteiger partial charge in [-0.05, 0) is 39.0 Å². The van der Waals surface area contributed by atoms with Gasteiger partial charge < -0.3 is 19.1 Å². The van der Waals surface area contributed by atoms with Gasteiger partial charge in [-0.15, -0.1) is 0 Å². The molecule has 0 radical (unpaired) electrons. The van der Waals surface area contributed by atoms with Crippen LogP contribution in [0.2, 0.25) is 0 Å². The molecule has 1 N–H and O–H groups in total. The number of amides is 1. The first-order chi connectivity index (χ1) is 12.1. The quantitative estimate of drug-likeness (QED) is 0.886. The molecule has 2 aromatic rings. The zero-order valence-electron chi connectivity index (χ0n) is 15.2. The van der Waals surface area contributed by atoms with E-state index < -0.39 is 0 Å². The van der Waals surface area contributed by atoms with Gasteiger partial charge in [0.2, 0.25) is 0 Å². The van der Waals surface area contributed by atoms with Crippen LogP contribution in [0, 0.1) is 13.8 Å². The van der Waals surface area contributed by atoms with E-state index in [0.717, 1.165) is 49.7 Å². The number of hydrogen-bond acceptors (Lipinski definition) is 4. The molecule has 0 atom stereocenters. The Kier molecular flexibility index (Phi) is 5.38. The molecule has 134 valence electrons. The third-order valence-electron chi connectivity index (χ3n) is 4.90. The van der Waals surface area contributed by atoms with Crippen LogP contribution in [0.5, 0.6) is 5.75 Å². The fourth-order valence-electron chi connectivity index (χ4n) is 3.14. The van der Waals surface area contributed by atoms with Crippen molar-refractivity contribution >= 4 is 5.91 Å². The average Bonchev–Trinajstić information content (AvgIpc) is 2.97. The van der Waals surface area contributed by atoms with Crippen molar-refractivity contribution in [2.45, 2.75) is 27.4 Å². The van der Waals surface area contributed by atoms with Crippen molar-refractivity contribution in [1.82, 2.24) is 10.1 Å². The SMILES string of the molecule is CC[NH+]1CCN(C(=O)c2cccc(OCc3c(C)noc3C)c2)CC1. The number of likely N-dealkylation sites (N-methyl/N-ethyl adjacent to an activating group) is 1. The lowest BCUT2D eigenvalue weighted by molar-refractivity contribution is -0.902. The van der Waals surface area contributed by atoms with Crippen molar-refractivity contribution in [3.8, 4) is 5.75 Å². The Morgan fingerprint density at radius 2 is 2.08 bits per heavy atom. The maximum Gasteiger partial charge on any atom is 0.254 e. The smallest absolute Gasteiger partial charge is 0.254 e. The van der Waals surface area contributed by atoms with Gasteiger partial charge in [0.25, 0.3) is 5.91 Å². The number of ether oxygens (including phenoxy) is 1. The molecule has 0 saturated carbocycles. The molecule has 0 spiro atoms. The number of rotatable bonds is 5.